The summed E-state index contributed by atoms with van der Waals surface area (Å²) < 4.78 is 0.290. The maximum atomic E-state index is 4.28. The Labute approximate surface area is 75.1 Å². The predicted molar refractivity (Wildman–Crippen MR) is 54.8 cm³/mol. The summed E-state index contributed by atoms with van der Waals surface area (Å²) in [7, 11) is 3.92. The van der Waals surface area contributed by atoms with Crippen LogP contribution in [0.3, 0.4) is 0 Å². The lowest BCUT2D eigenvalue weighted by atomic mass is 10.1. The smallest absolute Gasteiger partial charge is 0.0478 e. The second-order valence-electron chi connectivity index (χ2n) is 2.07. The molecule has 0 aliphatic carbocycles. The zero-order chi connectivity index (χ0) is 6.69. The molecule has 54 valence electrons. The molecule has 0 spiro atoms. The minimum atomic E-state index is 0.290. The third-order valence-electron chi connectivity index (χ3n) is 1.36. The summed E-state index contributed by atoms with van der Waals surface area (Å²) in [4.78, 5) is 0. The van der Waals surface area contributed by atoms with Gasteiger partial charge < -0.3 is 0 Å². The third kappa shape index (κ3) is 2.87. The topological polar surface area (TPSA) is 0 Å². The lowest BCUT2D eigenvalue weighted by Gasteiger charge is -2.22. The molecule has 0 bridgehead atoms. The summed E-state index contributed by atoms with van der Waals surface area (Å²) in [6.45, 7) is 0. The molecule has 1 aliphatic heterocycles. The molecule has 0 nitrogen and oxygen atoms in total. The van der Waals surface area contributed by atoms with Crippen molar-refractivity contribution in [3.05, 3.63) is 0 Å². The van der Waals surface area contributed by atoms with Crippen LogP contribution in [0.5, 0.6) is 0 Å². The molecule has 1 atom stereocenters. The van der Waals surface area contributed by atoms with Gasteiger partial charge in [-0.3, -0.25) is 0 Å². The maximum absolute atomic E-state index is 4.28. The van der Waals surface area contributed by atoms with Gasteiger partial charge in [-0.25, -0.2) is 0 Å². The van der Waals surface area contributed by atoms with Gasteiger partial charge in [0, 0.05) is 16.1 Å². The van der Waals surface area contributed by atoms with E-state index in [0.717, 1.165) is 5.92 Å². The van der Waals surface area contributed by atoms with Crippen molar-refractivity contribution < 1.29 is 0 Å². The molecule has 4 heteroatoms. The van der Waals surface area contributed by atoms with Gasteiger partial charge in [-0.1, -0.05) is 21.6 Å². The Balaban J connectivity index is 2.23. The normalized spacial score (nSPS) is 29.0. The van der Waals surface area contributed by atoms with Crippen molar-refractivity contribution in [3.63, 3.8) is 0 Å². The van der Waals surface area contributed by atoms with Crippen molar-refractivity contribution in [1.29, 1.82) is 0 Å². The number of thiol groups is 2. The maximum Gasteiger partial charge on any atom is 0.0478 e. The first-order valence-corrected chi connectivity index (χ1v) is 6.43. The van der Waals surface area contributed by atoms with E-state index in [4.69, 9.17) is 0 Å². The van der Waals surface area contributed by atoms with Crippen LogP contribution in [-0.4, -0.2) is 16.1 Å². The van der Waals surface area contributed by atoms with Crippen LogP contribution < -0.4 is 0 Å². The Morgan fingerprint density at radius 1 is 1.33 bits per heavy atom. The number of rotatable bonds is 1. The Bertz CT molecular complexity index is 77.0. The molecule has 0 aromatic heterocycles. The highest BCUT2D eigenvalue weighted by Crippen LogP contribution is 2.36. The van der Waals surface area contributed by atoms with Gasteiger partial charge in [0.25, 0.3) is 0 Å². The van der Waals surface area contributed by atoms with Gasteiger partial charge in [0.05, 0.1) is 0 Å². The Morgan fingerprint density at radius 3 is 2.44 bits per heavy atom. The molecule has 0 amide bonds. The van der Waals surface area contributed by atoms with E-state index in [1.54, 1.807) is 0 Å². The van der Waals surface area contributed by atoms with Crippen molar-refractivity contribution in [3.8, 4) is 0 Å². The van der Waals surface area contributed by atoms with Gasteiger partial charge >= 0.3 is 0 Å². The average molecular weight is 198 g/mol. The van der Waals surface area contributed by atoms with Gasteiger partial charge in [-0.05, 0) is 12.3 Å². The summed E-state index contributed by atoms with van der Waals surface area (Å²) in [5.74, 6) is 3.22. The van der Waals surface area contributed by atoms with Crippen LogP contribution in [0.1, 0.15) is 6.42 Å². The summed E-state index contributed by atoms with van der Waals surface area (Å²) in [5, 5.41) is 0. The average Bonchev–Trinajstić information content (AvgIpc) is 1.90. The summed E-state index contributed by atoms with van der Waals surface area (Å²) in [6.07, 6.45) is 1.29. The van der Waals surface area contributed by atoms with E-state index >= 15 is 0 Å². The molecule has 0 saturated carbocycles. The minimum Gasteiger partial charge on any atom is -0.165 e. The molecule has 1 rings (SSSR count). The molecule has 1 saturated heterocycles. The summed E-state index contributed by atoms with van der Waals surface area (Å²) in [5.41, 5.74) is 0. The molecule has 1 aliphatic rings. The third-order valence-corrected chi connectivity index (χ3v) is 4.74. The van der Waals surface area contributed by atoms with Crippen molar-refractivity contribution in [2.24, 2.45) is 5.92 Å². The van der Waals surface area contributed by atoms with Crippen LogP contribution >= 0.6 is 46.8 Å². The molecule has 0 aromatic rings. The molecular formula is C5H10S4. The fourth-order valence-corrected chi connectivity index (χ4v) is 4.11. The molecule has 0 radical (unpaired) electrons. The summed E-state index contributed by atoms with van der Waals surface area (Å²) >= 11 is 8.57. The van der Waals surface area contributed by atoms with E-state index in [9.17, 15) is 0 Å². The number of hydrogen-bond donors (Lipinski definition) is 2. The fourth-order valence-electron chi connectivity index (χ4n) is 0.712. The van der Waals surface area contributed by atoms with Crippen LogP contribution in [0, 0.1) is 5.92 Å². The van der Waals surface area contributed by atoms with E-state index < -0.39 is 0 Å². The van der Waals surface area contributed by atoms with Gasteiger partial charge in [0.2, 0.25) is 0 Å². The summed E-state index contributed by atoms with van der Waals surface area (Å²) in [6, 6.07) is 0. The van der Waals surface area contributed by atoms with Gasteiger partial charge in [0.15, 0.2) is 0 Å². The first-order chi connectivity index (χ1) is 4.30. The molecule has 0 N–H and O–H groups in total. The number of hydrogen-bond acceptors (Lipinski definition) is 4. The standard InChI is InChI=1S/C5H10S4/c6-5(7)4-1-2-8-9-3-4/h4-7H,1-3H2. The van der Waals surface area contributed by atoms with Gasteiger partial charge in [-0.2, -0.15) is 25.3 Å². The molecule has 1 fully saturated rings. The van der Waals surface area contributed by atoms with Crippen LogP contribution in [0.2, 0.25) is 0 Å². The lowest BCUT2D eigenvalue weighted by molar-refractivity contribution is 0.634. The monoisotopic (exact) mass is 198 g/mol. The SMILES string of the molecule is SC(S)C1CCSSC1. The first kappa shape index (κ1) is 8.50. The largest absolute Gasteiger partial charge is 0.165 e. The molecule has 0 aromatic carbocycles. The van der Waals surface area contributed by atoms with Crippen LogP contribution in [0.25, 0.3) is 0 Å². The minimum absolute atomic E-state index is 0.290. The van der Waals surface area contributed by atoms with Crippen LogP contribution in [-0.2, 0) is 0 Å². The van der Waals surface area contributed by atoms with E-state index in [2.05, 4.69) is 25.3 Å². The second kappa shape index (κ2) is 4.31. The van der Waals surface area contributed by atoms with E-state index in [-0.39, 0.29) is 0 Å². The van der Waals surface area contributed by atoms with Crippen molar-refractivity contribution in [1.82, 2.24) is 0 Å². The highest BCUT2D eigenvalue weighted by molar-refractivity contribution is 8.76. The second-order valence-corrected chi connectivity index (χ2v) is 6.22. The fraction of sp³-hybridized carbons (Fsp3) is 1.00. The van der Waals surface area contributed by atoms with Crippen molar-refractivity contribution in [2.75, 3.05) is 11.5 Å². The van der Waals surface area contributed by atoms with E-state index in [0.29, 0.717) is 4.58 Å². The molecule has 9 heavy (non-hydrogen) atoms. The van der Waals surface area contributed by atoms with E-state index in [1.165, 1.54) is 17.9 Å². The highest BCUT2D eigenvalue weighted by atomic mass is 33.1. The predicted octanol–water partition coefficient (Wildman–Crippen LogP) is 2.57. The molecular weight excluding hydrogens is 188 g/mol. The Morgan fingerprint density at radius 2 is 2.11 bits per heavy atom. The van der Waals surface area contributed by atoms with Crippen LogP contribution in [0.4, 0.5) is 0 Å². The molecule has 1 unspecified atom stereocenters. The zero-order valence-electron chi connectivity index (χ0n) is 4.99. The molecule has 1 heterocycles. The quantitative estimate of drug-likeness (QED) is 0.378. The van der Waals surface area contributed by atoms with Gasteiger partial charge in [0.1, 0.15) is 0 Å². The Hall–Kier alpha value is 1.40. The lowest BCUT2D eigenvalue weighted by Crippen LogP contribution is -2.15. The zero-order valence-corrected chi connectivity index (χ0v) is 8.41. The van der Waals surface area contributed by atoms with Crippen molar-refractivity contribution in [2.45, 2.75) is 11.0 Å². The Kier molecular flexibility index (Phi) is 4.07. The van der Waals surface area contributed by atoms with Crippen LogP contribution in [0.15, 0.2) is 0 Å². The van der Waals surface area contributed by atoms with Crippen molar-refractivity contribution >= 4 is 46.8 Å². The van der Waals surface area contributed by atoms with E-state index in [1.807, 2.05) is 21.6 Å². The highest BCUT2D eigenvalue weighted by Gasteiger charge is 2.18. The first-order valence-electron chi connectivity index (χ1n) is 2.91. The van der Waals surface area contributed by atoms with Gasteiger partial charge in [-0.15, -0.1) is 0 Å².